The van der Waals surface area contributed by atoms with Crippen molar-refractivity contribution < 1.29 is 4.84 Å². The van der Waals surface area contributed by atoms with E-state index in [1.807, 2.05) is 0 Å². The molecule has 0 amide bonds. The molecule has 15 heavy (non-hydrogen) atoms. The van der Waals surface area contributed by atoms with E-state index in [0.29, 0.717) is 6.61 Å². The summed E-state index contributed by atoms with van der Waals surface area (Å²) in [5.74, 6) is 0.732. The maximum atomic E-state index is 5.75. The lowest BCUT2D eigenvalue weighted by atomic mass is 9.63. The molecule has 0 N–H and O–H groups in total. The van der Waals surface area contributed by atoms with Crippen LogP contribution in [0.3, 0.4) is 0 Å². The average molecular weight is 211 g/mol. The van der Waals surface area contributed by atoms with E-state index in [2.05, 4.69) is 46.3 Å². The molecule has 0 saturated carbocycles. The maximum Gasteiger partial charge on any atom is 0.0864 e. The molecular formula is C13H25NO. The Morgan fingerprint density at radius 1 is 1.40 bits per heavy atom. The monoisotopic (exact) mass is 211 g/mol. The molecular weight excluding hydrogens is 186 g/mol. The second kappa shape index (κ2) is 4.26. The maximum absolute atomic E-state index is 5.75. The largest absolute Gasteiger partial charge is 0.294 e. The van der Waals surface area contributed by atoms with Gasteiger partial charge < -0.3 is 0 Å². The van der Waals surface area contributed by atoms with E-state index in [-0.39, 0.29) is 11.0 Å². The first-order chi connectivity index (χ1) is 6.84. The van der Waals surface area contributed by atoms with Gasteiger partial charge in [-0.3, -0.25) is 4.84 Å². The van der Waals surface area contributed by atoms with Crippen LogP contribution >= 0.6 is 0 Å². The zero-order valence-electron chi connectivity index (χ0n) is 10.8. The molecule has 1 unspecified atom stereocenters. The number of piperidine rings is 1. The number of hydrogen-bond donors (Lipinski definition) is 0. The highest BCUT2D eigenvalue weighted by Crippen LogP contribution is 2.46. The lowest BCUT2D eigenvalue weighted by Gasteiger charge is -2.55. The molecule has 0 aromatic rings. The van der Waals surface area contributed by atoms with Crippen LogP contribution in [0.1, 0.15) is 41.0 Å². The Morgan fingerprint density at radius 2 is 2.00 bits per heavy atom. The van der Waals surface area contributed by atoms with E-state index in [1.165, 1.54) is 6.42 Å². The Morgan fingerprint density at radius 3 is 2.53 bits per heavy atom. The fraction of sp³-hybridized carbons (Fsp3) is 0.846. The molecule has 1 aliphatic heterocycles. The third-order valence-electron chi connectivity index (χ3n) is 4.55. The highest BCUT2D eigenvalue weighted by atomic mass is 16.7. The van der Waals surface area contributed by atoms with Gasteiger partial charge in [0.2, 0.25) is 0 Å². The zero-order valence-corrected chi connectivity index (χ0v) is 10.8. The van der Waals surface area contributed by atoms with Crippen LogP contribution in [-0.4, -0.2) is 23.8 Å². The molecule has 1 rings (SSSR count). The Kier molecular flexibility index (Phi) is 3.62. The van der Waals surface area contributed by atoms with E-state index in [0.717, 1.165) is 12.5 Å². The molecule has 1 saturated heterocycles. The van der Waals surface area contributed by atoms with Crippen molar-refractivity contribution in [1.29, 1.82) is 0 Å². The van der Waals surface area contributed by atoms with Crippen LogP contribution in [0, 0.1) is 11.3 Å². The van der Waals surface area contributed by atoms with Gasteiger partial charge in [0.15, 0.2) is 0 Å². The van der Waals surface area contributed by atoms with E-state index in [9.17, 15) is 0 Å². The zero-order chi connectivity index (χ0) is 11.7. The summed E-state index contributed by atoms with van der Waals surface area (Å²) in [4.78, 5) is 5.75. The van der Waals surface area contributed by atoms with Crippen molar-refractivity contribution in [2.24, 2.45) is 11.3 Å². The molecule has 0 aliphatic carbocycles. The van der Waals surface area contributed by atoms with Crippen LogP contribution in [0.4, 0.5) is 0 Å². The van der Waals surface area contributed by atoms with Crippen LogP contribution in [0.15, 0.2) is 12.7 Å². The molecule has 1 fully saturated rings. The second-order valence-electron chi connectivity index (χ2n) is 5.66. The first-order valence-corrected chi connectivity index (χ1v) is 5.85. The van der Waals surface area contributed by atoms with E-state index < -0.39 is 0 Å². The molecule has 0 radical (unpaired) electrons. The summed E-state index contributed by atoms with van der Waals surface area (Å²) in [5.41, 5.74) is 0.347. The smallest absolute Gasteiger partial charge is 0.0864 e. The van der Waals surface area contributed by atoms with Gasteiger partial charge in [-0.05, 0) is 31.6 Å². The van der Waals surface area contributed by atoms with Crippen LogP contribution < -0.4 is 0 Å². The second-order valence-corrected chi connectivity index (χ2v) is 5.66. The minimum absolute atomic E-state index is 0.0771. The van der Waals surface area contributed by atoms with Crippen molar-refractivity contribution in [2.45, 2.75) is 46.6 Å². The third kappa shape index (κ3) is 2.11. The van der Waals surface area contributed by atoms with E-state index in [4.69, 9.17) is 4.84 Å². The van der Waals surface area contributed by atoms with Crippen molar-refractivity contribution in [3.63, 3.8) is 0 Å². The molecule has 0 bridgehead atoms. The molecule has 0 aromatic carbocycles. The number of nitrogens with zero attached hydrogens (tertiary/aromatic N) is 1. The standard InChI is InChI=1S/C13H25NO/c1-7-10-15-14-9-8-11(2)12(3,4)13(14,5)6/h7,11H,1,8-10H2,2-6H3. The third-order valence-corrected chi connectivity index (χ3v) is 4.55. The highest BCUT2D eigenvalue weighted by Gasteiger charge is 2.48. The minimum atomic E-state index is 0.0771. The summed E-state index contributed by atoms with van der Waals surface area (Å²) >= 11 is 0. The summed E-state index contributed by atoms with van der Waals surface area (Å²) < 4.78 is 0. The number of rotatable bonds is 3. The molecule has 1 aliphatic rings. The summed E-state index contributed by atoms with van der Waals surface area (Å²) in [6.07, 6.45) is 3.01. The number of hydrogen-bond acceptors (Lipinski definition) is 2. The van der Waals surface area contributed by atoms with Crippen molar-refractivity contribution >= 4 is 0 Å². The molecule has 2 heteroatoms. The fourth-order valence-corrected chi connectivity index (χ4v) is 2.24. The van der Waals surface area contributed by atoms with E-state index >= 15 is 0 Å². The summed E-state index contributed by atoms with van der Waals surface area (Å²) in [6.45, 7) is 16.9. The van der Waals surface area contributed by atoms with Crippen LogP contribution in [0.5, 0.6) is 0 Å². The van der Waals surface area contributed by atoms with Gasteiger partial charge in [0.1, 0.15) is 0 Å². The fourth-order valence-electron chi connectivity index (χ4n) is 2.24. The lowest BCUT2D eigenvalue weighted by molar-refractivity contribution is -0.262. The summed E-state index contributed by atoms with van der Waals surface area (Å²) in [6, 6.07) is 0. The van der Waals surface area contributed by atoms with Gasteiger partial charge in [-0.25, -0.2) is 0 Å². The quantitative estimate of drug-likeness (QED) is 0.664. The van der Waals surface area contributed by atoms with Gasteiger partial charge in [-0.15, -0.1) is 6.58 Å². The highest BCUT2D eigenvalue weighted by molar-refractivity contribution is 4.99. The SMILES string of the molecule is C=CCON1CCC(C)C(C)(C)C1(C)C. The van der Waals surface area contributed by atoms with Crippen molar-refractivity contribution in [3.8, 4) is 0 Å². The van der Waals surface area contributed by atoms with Gasteiger partial charge in [-0.2, -0.15) is 5.06 Å². The Hall–Kier alpha value is -0.340. The Labute approximate surface area is 94.3 Å². The van der Waals surface area contributed by atoms with Crippen molar-refractivity contribution in [1.82, 2.24) is 5.06 Å². The number of hydroxylamine groups is 2. The van der Waals surface area contributed by atoms with Gasteiger partial charge in [-0.1, -0.05) is 26.8 Å². The topological polar surface area (TPSA) is 12.5 Å². The molecule has 1 atom stereocenters. The lowest BCUT2D eigenvalue weighted by Crippen LogP contribution is -2.60. The van der Waals surface area contributed by atoms with Crippen LogP contribution in [-0.2, 0) is 4.84 Å². The normalized spacial score (nSPS) is 30.1. The first-order valence-electron chi connectivity index (χ1n) is 5.85. The molecule has 0 aromatic heterocycles. The van der Waals surface area contributed by atoms with Gasteiger partial charge in [0.05, 0.1) is 6.61 Å². The molecule has 88 valence electrons. The van der Waals surface area contributed by atoms with Gasteiger partial charge >= 0.3 is 0 Å². The Balaban J connectivity index is 2.80. The van der Waals surface area contributed by atoms with E-state index in [1.54, 1.807) is 6.08 Å². The molecule has 0 spiro atoms. The molecule has 1 heterocycles. The van der Waals surface area contributed by atoms with Crippen LogP contribution in [0.25, 0.3) is 0 Å². The van der Waals surface area contributed by atoms with Gasteiger partial charge in [0.25, 0.3) is 0 Å². The Bertz CT molecular complexity index is 233. The van der Waals surface area contributed by atoms with Crippen molar-refractivity contribution in [3.05, 3.63) is 12.7 Å². The van der Waals surface area contributed by atoms with Gasteiger partial charge in [0, 0.05) is 12.1 Å². The molecule has 2 nitrogen and oxygen atoms in total. The average Bonchev–Trinajstić information content (AvgIpc) is 2.14. The van der Waals surface area contributed by atoms with Crippen molar-refractivity contribution in [2.75, 3.05) is 13.2 Å². The first kappa shape index (κ1) is 12.7. The van der Waals surface area contributed by atoms with Crippen LogP contribution in [0.2, 0.25) is 0 Å². The predicted molar refractivity (Wildman–Crippen MR) is 64.5 cm³/mol. The minimum Gasteiger partial charge on any atom is -0.294 e. The summed E-state index contributed by atoms with van der Waals surface area (Å²) in [5, 5.41) is 2.13. The predicted octanol–water partition coefficient (Wildman–Crippen LogP) is 3.25. The summed E-state index contributed by atoms with van der Waals surface area (Å²) in [7, 11) is 0.